The Morgan fingerprint density at radius 3 is 2.81 bits per heavy atom. The zero-order valence-corrected chi connectivity index (χ0v) is 17.8. The molecular formula is C23H29FN2O5. The van der Waals surface area contributed by atoms with Gasteiger partial charge >= 0.3 is 5.97 Å². The molecule has 2 saturated heterocycles. The normalized spacial score (nSPS) is 28.2. The highest BCUT2D eigenvalue weighted by Gasteiger charge is 2.48. The van der Waals surface area contributed by atoms with E-state index in [0.29, 0.717) is 39.0 Å². The summed E-state index contributed by atoms with van der Waals surface area (Å²) >= 11 is 0. The van der Waals surface area contributed by atoms with Crippen LogP contribution in [0.1, 0.15) is 51.0 Å². The van der Waals surface area contributed by atoms with Gasteiger partial charge in [0.25, 0.3) is 5.91 Å². The summed E-state index contributed by atoms with van der Waals surface area (Å²) in [5.74, 6) is -0.639. The number of benzene rings is 1. The minimum atomic E-state index is -0.832. The van der Waals surface area contributed by atoms with Crippen LogP contribution in [0.5, 0.6) is 0 Å². The van der Waals surface area contributed by atoms with Crippen molar-refractivity contribution in [2.75, 3.05) is 26.3 Å². The average molecular weight is 432 g/mol. The lowest BCUT2D eigenvalue weighted by molar-refractivity contribution is -0.165. The molecule has 0 saturated carbocycles. The molecule has 31 heavy (non-hydrogen) atoms. The SMILES string of the molecule is CCOC(=O)C1(CC2CC(c3ccc(F)cc3)=NO2)CCCN(C(=O)C2CCCO2)C1. The van der Waals surface area contributed by atoms with Gasteiger partial charge in [-0.25, -0.2) is 4.39 Å². The number of esters is 1. The quantitative estimate of drug-likeness (QED) is 0.646. The van der Waals surface area contributed by atoms with Crippen LogP contribution < -0.4 is 0 Å². The number of hydrogen-bond donors (Lipinski definition) is 0. The standard InChI is InChI=1S/C23H29FN2O5/c1-2-29-22(28)23(10-4-11-26(15-23)21(27)20-5-3-12-30-20)14-18-13-19(25-31-18)16-6-8-17(24)9-7-16/h6-9,18,20H,2-5,10-15H2,1H3. The predicted octanol–water partition coefficient (Wildman–Crippen LogP) is 3.06. The molecule has 1 aromatic carbocycles. The van der Waals surface area contributed by atoms with Gasteiger partial charge in [-0.05, 0) is 50.3 Å². The Hall–Kier alpha value is -2.48. The molecule has 3 atom stereocenters. The van der Waals surface area contributed by atoms with Gasteiger partial charge in [0.15, 0.2) is 0 Å². The van der Waals surface area contributed by atoms with Crippen molar-refractivity contribution in [2.24, 2.45) is 10.6 Å². The average Bonchev–Trinajstić information content (AvgIpc) is 3.47. The van der Waals surface area contributed by atoms with E-state index in [0.717, 1.165) is 30.5 Å². The fraction of sp³-hybridized carbons (Fsp3) is 0.609. The van der Waals surface area contributed by atoms with E-state index in [1.165, 1.54) is 12.1 Å². The van der Waals surface area contributed by atoms with Gasteiger partial charge in [0.1, 0.15) is 18.0 Å². The molecule has 0 spiro atoms. The van der Waals surface area contributed by atoms with Crippen molar-refractivity contribution in [3.05, 3.63) is 35.6 Å². The van der Waals surface area contributed by atoms with Gasteiger partial charge in [-0.2, -0.15) is 0 Å². The second kappa shape index (κ2) is 9.34. The number of likely N-dealkylation sites (tertiary alicyclic amines) is 1. The zero-order chi connectivity index (χ0) is 21.8. The summed E-state index contributed by atoms with van der Waals surface area (Å²) in [7, 11) is 0. The highest BCUT2D eigenvalue weighted by molar-refractivity contribution is 6.01. The minimum absolute atomic E-state index is 0.0403. The van der Waals surface area contributed by atoms with Crippen LogP contribution in [0.3, 0.4) is 0 Å². The van der Waals surface area contributed by atoms with Crippen LogP contribution in [0.2, 0.25) is 0 Å². The largest absolute Gasteiger partial charge is 0.466 e. The van der Waals surface area contributed by atoms with Crippen LogP contribution in [0.15, 0.2) is 29.4 Å². The van der Waals surface area contributed by atoms with Crippen molar-refractivity contribution < 1.29 is 28.3 Å². The number of rotatable bonds is 6. The number of carbonyl (C=O) groups excluding carboxylic acids is 2. The summed E-state index contributed by atoms with van der Waals surface area (Å²) in [5, 5.41) is 4.18. The lowest BCUT2D eigenvalue weighted by Crippen LogP contribution is -2.53. The first-order valence-corrected chi connectivity index (χ1v) is 11.1. The second-order valence-corrected chi connectivity index (χ2v) is 8.55. The van der Waals surface area contributed by atoms with E-state index in [9.17, 15) is 14.0 Å². The lowest BCUT2D eigenvalue weighted by Gasteiger charge is -2.42. The Balaban J connectivity index is 1.47. The number of carbonyl (C=O) groups is 2. The number of nitrogens with zero attached hydrogens (tertiary/aromatic N) is 2. The van der Waals surface area contributed by atoms with Crippen LogP contribution >= 0.6 is 0 Å². The molecule has 7 nitrogen and oxygen atoms in total. The number of amides is 1. The highest BCUT2D eigenvalue weighted by Crippen LogP contribution is 2.39. The molecule has 0 radical (unpaired) electrons. The van der Waals surface area contributed by atoms with E-state index in [-0.39, 0.29) is 30.4 Å². The van der Waals surface area contributed by atoms with Crippen molar-refractivity contribution in [3.63, 3.8) is 0 Å². The van der Waals surface area contributed by atoms with Gasteiger partial charge in [-0.15, -0.1) is 0 Å². The molecule has 3 heterocycles. The Morgan fingerprint density at radius 1 is 1.29 bits per heavy atom. The van der Waals surface area contributed by atoms with Crippen LogP contribution in [-0.4, -0.2) is 61.0 Å². The molecule has 0 bridgehead atoms. The fourth-order valence-electron chi connectivity index (χ4n) is 4.78. The van der Waals surface area contributed by atoms with Gasteiger partial charge in [0.05, 0.1) is 17.7 Å². The van der Waals surface area contributed by atoms with Gasteiger partial charge < -0.3 is 19.2 Å². The van der Waals surface area contributed by atoms with E-state index in [4.69, 9.17) is 14.3 Å². The molecule has 3 aliphatic rings. The number of ether oxygens (including phenoxy) is 2. The second-order valence-electron chi connectivity index (χ2n) is 8.55. The third-order valence-electron chi connectivity index (χ3n) is 6.33. The maximum atomic E-state index is 13.2. The monoisotopic (exact) mass is 432 g/mol. The molecule has 1 amide bonds. The van der Waals surface area contributed by atoms with Crippen molar-refractivity contribution in [2.45, 2.75) is 57.7 Å². The first-order valence-electron chi connectivity index (χ1n) is 11.1. The Morgan fingerprint density at radius 2 is 2.10 bits per heavy atom. The van der Waals surface area contributed by atoms with Crippen LogP contribution in [0.4, 0.5) is 4.39 Å². The number of hydrogen-bond acceptors (Lipinski definition) is 6. The topological polar surface area (TPSA) is 77.4 Å². The smallest absolute Gasteiger partial charge is 0.314 e. The molecule has 3 aliphatic heterocycles. The van der Waals surface area contributed by atoms with Crippen LogP contribution in [-0.2, 0) is 23.9 Å². The predicted molar refractivity (Wildman–Crippen MR) is 111 cm³/mol. The first-order chi connectivity index (χ1) is 15.0. The molecule has 0 aliphatic carbocycles. The first kappa shape index (κ1) is 21.7. The summed E-state index contributed by atoms with van der Waals surface area (Å²) in [6, 6.07) is 6.12. The maximum absolute atomic E-state index is 13.2. The Bertz CT molecular complexity index is 837. The van der Waals surface area contributed by atoms with Crippen LogP contribution in [0.25, 0.3) is 0 Å². The van der Waals surface area contributed by atoms with E-state index < -0.39 is 11.5 Å². The Labute approximate surface area is 181 Å². The number of piperidine rings is 1. The summed E-state index contributed by atoms with van der Waals surface area (Å²) in [6.07, 6.45) is 3.18. The molecular weight excluding hydrogens is 403 g/mol. The van der Waals surface area contributed by atoms with E-state index >= 15 is 0 Å². The maximum Gasteiger partial charge on any atom is 0.314 e. The van der Waals surface area contributed by atoms with Gasteiger partial charge in [0.2, 0.25) is 0 Å². The molecule has 3 unspecified atom stereocenters. The van der Waals surface area contributed by atoms with Gasteiger partial charge in [-0.1, -0.05) is 17.3 Å². The fourth-order valence-corrected chi connectivity index (χ4v) is 4.78. The lowest BCUT2D eigenvalue weighted by atomic mass is 9.74. The molecule has 168 valence electrons. The molecule has 0 N–H and O–H groups in total. The van der Waals surface area contributed by atoms with Crippen LogP contribution in [0, 0.1) is 11.2 Å². The molecule has 4 rings (SSSR count). The van der Waals surface area contributed by atoms with Crippen molar-refractivity contribution >= 4 is 17.6 Å². The van der Waals surface area contributed by atoms with Crippen molar-refractivity contribution in [1.82, 2.24) is 4.90 Å². The van der Waals surface area contributed by atoms with Gasteiger partial charge in [0, 0.05) is 32.5 Å². The highest BCUT2D eigenvalue weighted by atomic mass is 19.1. The molecule has 8 heteroatoms. The third kappa shape index (κ3) is 4.74. The summed E-state index contributed by atoms with van der Waals surface area (Å²) in [5.41, 5.74) is 0.695. The van der Waals surface area contributed by atoms with Crippen molar-refractivity contribution in [3.8, 4) is 0 Å². The third-order valence-corrected chi connectivity index (χ3v) is 6.33. The van der Waals surface area contributed by atoms with E-state index in [2.05, 4.69) is 5.16 Å². The van der Waals surface area contributed by atoms with Gasteiger partial charge in [-0.3, -0.25) is 9.59 Å². The van der Waals surface area contributed by atoms with E-state index in [1.807, 2.05) is 0 Å². The molecule has 2 fully saturated rings. The Kier molecular flexibility index (Phi) is 6.55. The minimum Gasteiger partial charge on any atom is -0.466 e. The summed E-state index contributed by atoms with van der Waals surface area (Å²) in [4.78, 5) is 33.4. The molecule has 1 aromatic rings. The zero-order valence-electron chi connectivity index (χ0n) is 17.8. The number of halogens is 1. The molecule has 0 aromatic heterocycles. The summed E-state index contributed by atoms with van der Waals surface area (Å²) < 4.78 is 24.2. The van der Waals surface area contributed by atoms with E-state index in [1.54, 1.807) is 24.0 Å². The number of oxime groups is 1. The van der Waals surface area contributed by atoms with Crippen molar-refractivity contribution in [1.29, 1.82) is 0 Å². The summed E-state index contributed by atoms with van der Waals surface area (Å²) in [6.45, 7) is 3.58.